The van der Waals surface area contributed by atoms with Crippen molar-refractivity contribution in [1.82, 2.24) is 9.55 Å². The summed E-state index contributed by atoms with van der Waals surface area (Å²) in [5.41, 5.74) is 0.970. The molecule has 0 saturated heterocycles. The molecular weight excluding hydrogens is 136 g/mol. The van der Waals surface area contributed by atoms with Crippen LogP contribution < -0.4 is 0 Å². The van der Waals surface area contributed by atoms with E-state index in [-0.39, 0.29) is 0 Å². The van der Waals surface area contributed by atoms with Crippen molar-refractivity contribution in [3.05, 3.63) is 50.1 Å². The molecule has 0 bridgehead atoms. The number of imidazole rings is 1. The summed E-state index contributed by atoms with van der Waals surface area (Å²) in [6, 6.07) is 0. The molecule has 0 atom stereocenters. The first-order valence-corrected chi connectivity index (χ1v) is 3.32. The van der Waals surface area contributed by atoms with Gasteiger partial charge in [0.05, 0.1) is 6.33 Å². The summed E-state index contributed by atoms with van der Waals surface area (Å²) in [5, 5.41) is 0. The predicted molar refractivity (Wildman–Crippen MR) is 46.9 cm³/mol. The van der Waals surface area contributed by atoms with Crippen molar-refractivity contribution in [3.8, 4) is 0 Å². The SMILES string of the molecule is C=C/C=C(\C=C)n1ccnc1. The molecule has 1 rings (SSSR count). The molecule has 2 heteroatoms. The van der Waals surface area contributed by atoms with Crippen LogP contribution in [0.4, 0.5) is 0 Å². The van der Waals surface area contributed by atoms with E-state index in [9.17, 15) is 0 Å². The fraction of sp³-hybridized carbons (Fsp3) is 0. The van der Waals surface area contributed by atoms with Gasteiger partial charge in [0, 0.05) is 18.1 Å². The molecule has 0 fully saturated rings. The van der Waals surface area contributed by atoms with Crippen molar-refractivity contribution in [2.45, 2.75) is 0 Å². The monoisotopic (exact) mass is 146 g/mol. The van der Waals surface area contributed by atoms with Crippen LogP contribution in [0, 0.1) is 0 Å². The van der Waals surface area contributed by atoms with Crippen molar-refractivity contribution < 1.29 is 0 Å². The lowest BCUT2D eigenvalue weighted by Crippen LogP contribution is -1.88. The fourth-order valence-corrected chi connectivity index (χ4v) is 0.792. The minimum atomic E-state index is 0.970. The Morgan fingerprint density at radius 1 is 1.45 bits per heavy atom. The van der Waals surface area contributed by atoms with E-state index < -0.39 is 0 Å². The summed E-state index contributed by atoms with van der Waals surface area (Å²) in [5.74, 6) is 0. The molecule has 0 unspecified atom stereocenters. The fourth-order valence-electron chi connectivity index (χ4n) is 0.792. The largest absolute Gasteiger partial charge is 0.306 e. The zero-order valence-electron chi connectivity index (χ0n) is 6.27. The van der Waals surface area contributed by atoms with Crippen molar-refractivity contribution in [1.29, 1.82) is 0 Å². The Kier molecular flexibility index (Phi) is 2.44. The zero-order valence-corrected chi connectivity index (χ0v) is 6.27. The molecule has 2 nitrogen and oxygen atoms in total. The molecule has 0 saturated carbocycles. The molecule has 0 spiro atoms. The third kappa shape index (κ3) is 1.67. The summed E-state index contributed by atoms with van der Waals surface area (Å²) in [6.07, 6.45) is 10.6. The predicted octanol–water partition coefficient (Wildman–Crippen LogP) is 2.10. The maximum atomic E-state index is 3.91. The minimum Gasteiger partial charge on any atom is -0.306 e. The van der Waals surface area contributed by atoms with Crippen molar-refractivity contribution in [2.75, 3.05) is 0 Å². The second-order valence-electron chi connectivity index (χ2n) is 2.00. The summed E-state index contributed by atoms with van der Waals surface area (Å²) < 4.78 is 1.87. The summed E-state index contributed by atoms with van der Waals surface area (Å²) in [7, 11) is 0. The van der Waals surface area contributed by atoms with E-state index in [1.165, 1.54) is 0 Å². The summed E-state index contributed by atoms with van der Waals surface area (Å²) in [4.78, 5) is 3.91. The first-order chi connectivity index (χ1) is 5.38. The van der Waals surface area contributed by atoms with Crippen LogP contribution in [-0.2, 0) is 0 Å². The molecule has 0 aliphatic heterocycles. The van der Waals surface area contributed by atoms with Gasteiger partial charge in [0.15, 0.2) is 0 Å². The molecule has 1 aromatic rings. The number of hydrogen-bond acceptors (Lipinski definition) is 1. The van der Waals surface area contributed by atoms with Crippen LogP contribution in [0.2, 0.25) is 0 Å². The van der Waals surface area contributed by atoms with Crippen LogP contribution in [0.15, 0.2) is 50.1 Å². The number of allylic oxidation sites excluding steroid dienone is 4. The smallest absolute Gasteiger partial charge is 0.0991 e. The molecule has 0 aromatic carbocycles. The lowest BCUT2D eigenvalue weighted by molar-refractivity contribution is 1.10. The van der Waals surface area contributed by atoms with Gasteiger partial charge in [-0.15, -0.1) is 0 Å². The van der Waals surface area contributed by atoms with Crippen LogP contribution in [0.25, 0.3) is 5.70 Å². The average molecular weight is 146 g/mol. The van der Waals surface area contributed by atoms with Gasteiger partial charge in [-0.05, 0) is 12.2 Å². The first kappa shape index (κ1) is 7.54. The Balaban J connectivity index is 2.97. The van der Waals surface area contributed by atoms with E-state index in [2.05, 4.69) is 18.1 Å². The molecule has 0 aliphatic carbocycles. The third-order valence-electron chi connectivity index (χ3n) is 1.30. The van der Waals surface area contributed by atoms with E-state index in [4.69, 9.17) is 0 Å². The molecule has 11 heavy (non-hydrogen) atoms. The average Bonchev–Trinajstić information content (AvgIpc) is 2.52. The van der Waals surface area contributed by atoms with Crippen LogP contribution in [0.3, 0.4) is 0 Å². The van der Waals surface area contributed by atoms with Gasteiger partial charge in [0.2, 0.25) is 0 Å². The van der Waals surface area contributed by atoms with Gasteiger partial charge >= 0.3 is 0 Å². The second-order valence-corrected chi connectivity index (χ2v) is 2.00. The van der Waals surface area contributed by atoms with Gasteiger partial charge in [-0.3, -0.25) is 0 Å². The van der Waals surface area contributed by atoms with E-state index in [0.717, 1.165) is 5.70 Å². The Morgan fingerprint density at radius 2 is 2.27 bits per heavy atom. The molecule has 0 amide bonds. The van der Waals surface area contributed by atoms with Gasteiger partial charge in [-0.2, -0.15) is 0 Å². The Hall–Kier alpha value is -1.57. The normalized spacial score (nSPS) is 11.1. The third-order valence-corrected chi connectivity index (χ3v) is 1.30. The molecule has 56 valence electrons. The molecular formula is C9H10N2. The highest BCUT2D eigenvalue weighted by Crippen LogP contribution is 2.03. The number of hydrogen-bond donors (Lipinski definition) is 0. The van der Waals surface area contributed by atoms with E-state index in [1.807, 2.05) is 16.8 Å². The zero-order chi connectivity index (χ0) is 8.10. The topological polar surface area (TPSA) is 17.8 Å². The Bertz CT molecular complexity index is 268. The highest BCUT2D eigenvalue weighted by molar-refractivity contribution is 5.57. The van der Waals surface area contributed by atoms with E-state index >= 15 is 0 Å². The standard InChI is InChI=1S/C9H10N2/c1-3-5-9(4-2)11-7-6-10-8-11/h3-8H,1-2H2/b9-5+. The highest BCUT2D eigenvalue weighted by Gasteiger charge is 1.90. The van der Waals surface area contributed by atoms with Crippen LogP contribution in [0.5, 0.6) is 0 Å². The van der Waals surface area contributed by atoms with Crippen LogP contribution in [0.1, 0.15) is 0 Å². The highest BCUT2D eigenvalue weighted by atomic mass is 15.0. The maximum absolute atomic E-state index is 3.91. The van der Waals surface area contributed by atoms with E-state index in [1.54, 1.807) is 24.7 Å². The van der Waals surface area contributed by atoms with Gasteiger partial charge in [-0.25, -0.2) is 4.98 Å². The van der Waals surface area contributed by atoms with Crippen molar-refractivity contribution in [2.24, 2.45) is 0 Å². The lowest BCUT2D eigenvalue weighted by Gasteiger charge is -1.99. The maximum Gasteiger partial charge on any atom is 0.0991 e. The van der Waals surface area contributed by atoms with Gasteiger partial charge in [0.25, 0.3) is 0 Å². The van der Waals surface area contributed by atoms with Crippen molar-refractivity contribution in [3.63, 3.8) is 0 Å². The van der Waals surface area contributed by atoms with Crippen molar-refractivity contribution >= 4 is 5.70 Å². The molecule has 0 radical (unpaired) electrons. The molecule has 1 aromatic heterocycles. The lowest BCUT2D eigenvalue weighted by atomic mass is 10.4. The van der Waals surface area contributed by atoms with Gasteiger partial charge < -0.3 is 4.57 Å². The number of rotatable bonds is 3. The molecule has 0 N–H and O–H groups in total. The van der Waals surface area contributed by atoms with Crippen LogP contribution >= 0.6 is 0 Å². The quantitative estimate of drug-likeness (QED) is 0.597. The molecule has 0 aliphatic rings. The van der Waals surface area contributed by atoms with Gasteiger partial charge in [0.1, 0.15) is 0 Å². The minimum absolute atomic E-state index is 0.970. The second kappa shape index (κ2) is 3.56. The number of aromatic nitrogens is 2. The summed E-state index contributed by atoms with van der Waals surface area (Å²) >= 11 is 0. The number of nitrogens with zero attached hydrogens (tertiary/aromatic N) is 2. The van der Waals surface area contributed by atoms with Gasteiger partial charge in [-0.1, -0.05) is 19.2 Å². The molecule has 1 heterocycles. The van der Waals surface area contributed by atoms with E-state index in [0.29, 0.717) is 0 Å². The summed E-state index contributed by atoms with van der Waals surface area (Å²) in [6.45, 7) is 7.27. The van der Waals surface area contributed by atoms with Crippen LogP contribution in [-0.4, -0.2) is 9.55 Å². The Labute approximate surface area is 66.2 Å². The Morgan fingerprint density at radius 3 is 2.73 bits per heavy atom. The first-order valence-electron chi connectivity index (χ1n) is 3.32.